The van der Waals surface area contributed by atoms with Gasteiger partial charge in [0.05, 0.1) is 6.04 Å². The fourth-order valence-corrected chi connectivity index (χ4v) is 2.09. The van der Waals surface area contributed by atoms with Gasteiger partial charge in [0.2, 0.25) is 5.91 Å². The van der Waals surface area contributed by atoms with E-state index >= 15 is 0 Å². The largest absolute Gasteiger partial charge is 0.368 e. The Kier molecular flexibility index (Phi) is 4.10. The van der Waals surface area contributed by atoms with Gasteiger partial charge >= 0.3 is 0 Å². The van der Waals surface area contributed by atoms with Crippen LogP contribution in [0, 0.1) is 6.92 Å². The first-order chi connectivity index (χ1) is 6.63. The van der Waals surface area contributed by atoms with E-state index in [-0.39, 0.29) is 11.9 Å². The van der Waals surface area contributed by atoms with Gasteiger partial charge in [0.1, 0.15) is 0 Å². The molecule has 0 radical (unpaired) electrons. The van der Waals surface area contributed by atoms with Crippen LogP contribution in [0.1, 0.15) is 23.1 Å². The zero-order valence-electron chi connectivity index (χ0n) is 8.54. The highest BCUT2D eigenvalue weighted by atomic mass is 32.1. The Bertz CT molecular complexity index is 309. The number of rotatable bonds is 5. The number of carbonyl (C=O) groups is 1. The van der Waals surface area contributed by atoms with Gasteiger partial charge < -0.3 is 11.1 Å². The summed E-state index contributed by atoms with van der Waals surface area (Å²) in [4.78, 5) is 13.4. The van der Waals surface area contributed by atoms with Gasteiger partial charge in [-0.25, -0.2) is 0 Å². The first-order valence-corrected chi connectivity index (χ1v) is 5.53. The molecule has 1 heterocycles. The lowest BCUT2D eigenvalue weighted by Crippen LogP contribution is -2.40. The molecule has 1 amide bonds. The van der Waals surface area contributed by atoms with Crippen LogP contribution in [0.25, 0.3) is 0 Å². The minimum atomic E-state index is -0.277. The maximum absolute atomic E-state index is 10.9. The molecule has 3 N–H and O–H groups in total. The lowest BCUT2D eigenvalue weighted by molar-refractivity contribution is -0.120. The fourth-order valence-electron chi connectivity index (χ4n) is 1.25. The summed E-state index contributed by atoms with van der Waals surface area (Å²) in [7, 11) is 0. The molecule has 1 atom stereocenters. The van der Waals surface area contributed by atoms with Crippen LogP contribution in [0.5, 0.6) is 0 Å². The van der Waals surface area contributed by atoms with Crippen molar-refractivity contribution in [3.05, 3.63) is 21.9 Å². The second-order valence-electron chi connectivity index (χ2n) is 3.26. The van der Waals surface area contributed by atoms with Crippen molar-refractivity contribution in [1.82, 2.24) is 5.32 Å². The molecule has 0 aromatic carbocycles. The van der Waals surface area contributed by atoms with Gasteiger partial charge in [0, 0.05) is 16.3 Å². The predicted molar refractivity (Wildman–Crippen MR) is 59.2 cm³/mol. The van der Waals surface area contributed by atoms with Gasteiger partial charge in [0.15, 0.2) is 0 Å². The molecule has 1 rings (SSSR count). The molecule has 3 nitrogen and oxygen atoms in total. The summed E-state index contributed by atoms with van der Waals surface area (Å²) in [6.07, 6.45) is 0.736. The minimum absolute atomic E-state index is 0.211. The van der Waals surface area contributed by atoms with E-state index in [9.17, 15) is 4.79 Å². The van der Waals surface area contributed by atoms with Crippen molar-refractivity contribution < 1.29 is 4.79 Å². The Hall–Kier alpha value is -0.870. The highest BCUT2D eigenvalue weighted by Crippen LogP contribution is 2.14. The van der Waals surface area contributed by atoms with E-state index < -0.39 is 0 Å². The lowest BCUT2D eigenvalue weighted by atomic mass is 10.2. The monoisotopic (exact) mass is 212 g/mol. The first-order valence-electron chi connectivity index (χ1n) is 4.71. The second-order valence-corrected chi connectivity index (χ2v) is 4.63. The molecule has 4 heteroatoms. The molecular formula is C10H16N2OS. The van der Waals surface area contributed by atoms with E-state index in [2.05, 4.69) is 24.4 Å². The zero-order valence-corrected chi connectivity index (χ0v) is 9.36. The van der Waals surface area contributed by atoms with Crippen LogP contribution < -0.4 is 11.1 Å². The van der Waals surface area contributed by atoms with Gasteiger partial charge in [-0.2, -0.15) is 0 Å². The summed E-state index contributed by atoms with van der Waals surface area (Å²) in [5.74, 6) is -0.277. The first kappa shape index (κ1) is 11.2. The molecule has 0 bridgehead atoms. The van der Waals surface area contributed by atoms with Gasteiger partial charge in [0.25, 0.3) is 0 Å². The Morgan fingerprint density at radius 3 is 2.79 bits per heavy atom. The number of amides is 1. The van der Waals surface area contributed by atoms with Gasteiger partial charge in [-0.05, 0) is 25.5 Å². The van der Waals surface area contributed by atoms with Crippen molar-refractivity contribution in [1.29, 1.82) is 0 Å². The second kappa shape index (κ2) is 5.12. The van der Waals surface area contributed by atoms with E-state index in [0.29, 0.717) is 0 Å². The van der Waals surface area contributed by atoms with Gasteiger partial charge in [-0.15, -0.1) is 11.3 Å². The Labute approximate surface area is 88.3 Å². The molecule has 1 unspecified atom stereocenters. The normalized spacial score (nSPS) is 12.7. The molecule has 1 aromatic heterocycles. The number of carbonyl (C=O) groups excluding carboxylic acids is 1. The Morgan fingerprint density at radius 2 is 2.36 bits per heavy atom. The highest BCUT2D eigenvalue weighted by Gasteiger charge is 2.11. The molecule has 78 valence electrons. The van der Waals surface area contributed by atoms with Crippen molar-refractivity contribution in [3.8, 4) is 0 Å². The number of hydrogen-bond acceptors (Lipinski definition) is 3. The summed E-state index contributed by atoms with van der Waals surface area (Å²) in [5, 5.41) is 3.13. The fraction of sp³-hybridized carbons (Fsp3) is 0.500. The van der Waals surface area contributed by atoms with E-state index in [4.69, 9.17) is 5.73 Å². The standard InChI is InChI=1S/C10H16N2OS/c1-3-9(10(11)13)12-6-8-5-4-7(2)14-8/h4-5,9,12H,3,6H2,1-2H3,(H2,11,13). The van der Waals surface area contributed by atoms with E-state index in [1.165, 1.54) is 9.75 Å². The maximum Gasteiger partial charge on any atom is 0.234 e. The summed E-state index contributed by atoms with van der Waals surface area (Å²) in [5.41, 5.74) is 5.22. The molecule has 0 fully saturated rings. The molecule has 0 aliphatic carbocycles. The predicted octanol–water partition coefficient (Wildman–Crippen LogP) is 1.41. The lowest BCUT2D eigenvalue weighted by Gasteiger charge is -2.11. The number of aryl methyl sites for hydroxylation is 1. The number of hydrogen-bond donors (Lipinski definition) is 2. The number of nitrogens with two attached hydrogens (primary N) is 1. The smallest absolute Gasteiger partial charge is 0.234 e. The van der Waals surface area contributed by atoms with E-state index in [1.54, 1.807) is 11.3 Å². The SMILES string of the molecule is CCC(NCc1ccc(C)s1)C(N)=O. The summed E-state index contributed by atoms with van der Waals surface area (Å²) < 4.78 is 0. The Balaban J connectivity index is 2.43. The molecule has 0 spiro atoms. The third kappa shape index (κ3) is 3.12. The third-order valence-electron chi connectivity index (χ3n) is 2.07. The average molecular weight is 212 g/mol. The molecular weight excluding hydrogens is 196 g/mol. The summed E-state index contributed by atoms with van der Waals surface area (Å²) >= 11 is 1.74. The number of primary amides is 1. The summed E-state index contributed by atoms with van der Waals surface area (Å²) in [6, 6.07) is 3.94. The average Bonchev–Trinajstić information content (AvgIpc) is 2.52. The van der Waals surface area contributed by atoms with Gasteiger partial charge in [-0.1, -0.05) is 6.92 Å². The zero-order chi connectivity index (χ0) is 10.6. The maximum atomic E-state index is 10.9. The Morgan fingerprint density at radius 1 is 1.64 bits per heavy atom. The quantitative estimate of drug-likeness (QED) is 0.775. The van der Waals surface area contributed by atoms with Crippen LogP contribution in [0.4, 0.5) is 0 Å². The van der Waals surface area contributed by atoms with Crippen LogP contribution in [0.3, 0.4) is 0 Å². The van der Waals surface area contributed by atoms with Crippen molar-refractivity contribution >= 4 is 17.2 Å². The van der Waals surface area contributed by atoms with Crippen LogP contribution in [0.15, 0.2) is 12.1 Å². The van der Waals surface area contributed by atoms with Gasteiger partial charge in [-0.3, -0.25) is 4.79 Å². The van der Waals surface area contributed by atoms with Crippen molar-refractivity contribution in [2.24, 2.45) is 5.73 Å². The van der Waals surface area contributed by atoms with Crippen molar-refractivity contribution in [2.75, 3.05) is 0 Å². The van der Waals surface area contributed by atoms with Crippen molar-refractivity contribution in [2.45, 2.75) is 32.9 Å². The van der Waals surface area contributed by atoms with Crippen LogP contribution in [-0.2, 0) is 11.3 Å². The number of nitrogens with one attached hydrogen (secondary N) is 1. The highest BCUT2D eigenvalue weighted by molar-refractivity contribution is 7.11. The molecule has 0 aliphatic heterocycles. The van der Waals surface area contributed by atoms with E-state index in [1.807, 2.05) is 6.92 Å². The molecule has 14 heavy (non-hydrogen) atoms. The summed E-state index contributed by atoms with van der Waals surface area (Å²) in [6.45, 7) is 4.74. The topological polar surface area (TPSA) is 55.1 Å². The number of thiophene rings is 1. The molecule has 0 saturated heterocycles. The molecule has 0 aliphatic rings. The van der Waals surface area contributed by atoms with Crippen LogP contribution >= 0.6 is 11.3 Å². The molecule has 1 aromatic rings. The molecule has 0 saturated carbocycles. The van der Waals surface area contributed by atoms with Crippen LogP contribution in [-0.4, -0.2) is 11.9 Å². The van der Waals surface area contributed by atoms with E-state index in [0.717, 1.165) is 13.0 Å². The van der Waals surface area contributed by atoms with Crippen LogP contribution in [0.2, 0.25) is 0 Å². The minimum Gasteiger partial charge on any atom is -0.368 e. The van der Waals surface area contributed by atoms with Crippen molar-refractivity contribution in [3.63, 3.8) is 0 Å². The third-order valence-corrected chi connectivity index (χ3v) is 3.07.